The van der Waals surface area contributed by atoms with E-state index in [1.54, 1.807) is 0 Å². The Balaban J connectivity index is 3.34. The maximum atomic E-state index is 2.43. The van der Waals surface area contributed by atoms with E-state index in [2.05, 4.69) is 53.7 Å². The Labute approximate surface area is 76.0 Å². The molecule has 0 fully saturated rings. The van der Waals surface area contributed by atoms with Crippen LogP contribution in [0.1, 0.15) is 27.7 Å². The summed E-state index contributed by atoms with van der Waals surface area (Å²) in [6.07, 6.45) is 0. The molecular weight excluding hydrogens is 175 g/mol. The van der Waals surface area contributed by atoms with E-state index >= 15 is 0 Å². The Kier molecular flexibility index (Phi) is 6.55. The molecule has 60 valence electrons. The first kappa shape index (κ1) is 11.2. The molecular formula is C7H17AlS2. The second-order valence-corrected chi connectivity index (χ2v) is 13.3. The van der Waals surface area contributed by atoms with Crippen molar-refractivity contribution in [2.45, 2.75) is 44.0 Å². The summed E-state index contributed by atoms with van der Waals surface area (Å²) in [5.41, 5.74) is 0. The normalized spacial score (nSPS) is 11.1. The molecule has 10 heavy (non-hydrogen) atoms. The van der Waals surface area contributed by atoms with E-state index in [0.29, 0.717) is 0 Å². The van der Waals surface area contributed by atoms with Crippen LogP contribution in [0.4, 0.5) is 0 Å². The van der Waals surface area contributed by atoms with Crippen molar-refractivity contribution in [1.82, 2.24) is 0 Å². The zero-order valence-corrected chi connectivity index (χ0v) is 10.3. The van der Waals surface area contributed by atoms with Gasteiger partial charge in [-0.2, -0.15) is 0 Å². The van der Waals surface area contributed by atoms with Gasteiger partial charge in [-0.25, -0.2) is 20.3 Å². The van der Waals surface area contributed by atoms with Gasteiger partial charge in [0.1, 0.15) is 0 Å². The molecule has 0 aliphatic carbocycles. The predicted octanol–water partition coefficient (Wildman–Crippen LogP) is 3.39. The third kappa shape index (κ3) is 7.34. The lowest BCUT2D eigenvalue weighted by molar-refractivity contribution is 1.12. The molecule has 0 rings (SSSR count). The number of hydrogen-bond donors (Lipinski definition) is 0. The highest BCUT2D eigenvalue weighted by molar-refractivity contribution is 8.54. The number of hydrogen-bond acceptors (Lipinski definition) is 2. The summed E-state index contributed by atoms with van der Waals surface area (Å²) in [4.78, 5) is 0. The molecule has 0 unspecified atom stereocenters. The molecule has 0 atom stereocenters. The van der Waals surface area contributed by atoms with Crippen LogP contribution in [0.2, 0.25) is 5.79 Å². The van der Waals surface area contributed by atoms with Gasteiger partial charge < -0.3 is 0 Å². The lowest BCUT2D eigenvalue weighted by Gasteiger charge is -2.11. The summed E-state index contributed by atoms with van der Waals surface area (Å²) in [6.45, 7) is 9.15. The van der Waals surface area contributed by atoms with Gasteiger partial charge in [-0.3, -0.25) is 0 Å². The Morgan fingerprint density at radius 1 is 0.900 bits per heavy atom. The molecule has 0 nitrogen and oxygen atoms in total. The van der Waals surface area contributed by atoms with Crippen molar-refractivity contribution in [3.05, 3.63) is 0 Å². The van der Waals surface area contributed by atoms with Gasteiger partial charge in [0.25, 0.3) is 0 Å². The van der Waals surface area contributed by atoms with Crippen LogP contribution >= 0.6 is 20.3 Å². The van der Waals surface area contributed by atoms with Gasteiger partial charge in [0.05, 0.1) is 0 Å². The lowest BCUT2D eigenvalue weighted by Crippen LogP contribution is -2.05. The van der Waals surface area contributed by atoms with E-state index in [-0.39, 0.29) is 0 Å². The van der Waals surface area contributed by atoms with Gasteiger partial charge in [0.2, 0.25) is 0 Å². The van der Waals surface area contributed by atoms with Crippen molar-refractivity contribution in [3.8, 4) is 0 Å². The fourth-order valence-corrected chi connectivity index (χ4v) is 11.8. The molecule has 0 aliphatic rings. The quantitative estimate of drug-likeness (QED) is 0.626. The highest BCUT2D eigenvalue weighted by atomic mass is 32.5. The molecule has 0 spiro atoms. The van der Waals surface area contributed by atoms with Crippen LogP contribution in [0, 0.1) is 0 Å². The molecule has 0 bridgehead atoms. The minimum atomic E-state index is -0.485. The van der Waals surface area contributed by atoms with Crippen LogP contribution < -0.4 is 0 Å². The summed E-state index contributed by atoms with van der Waals surface area (Å²) < 4.78 is 0. The lowest BCUT2D eigenvalue weighted by atomic mass is 10.6. The van der Waals surface area contributed by atoms with Crippen molar-refractivity contribution in [3.63, 3.8) is 0 Å². The second kappa shape index (κ2) is 5.83. The molecule has 0 aromatic carbocycles. The van der Waals surface area contributed by atoms with Crippen LogP contribution in [0.25, 0.3) is 0 Å². The molecule has 0 radical (unpaired) electrons. The van der Waals surface area contributed by atoms with E-state index < -0.39 is 11.9 Å². The van der Waals surface area contributed by atoms with Gasteiger partial charge in [0, 0.05) is 0 Å². The largest absolute Gasteiger partial charge is 0.427 e. The Hall–Kier alpha value is 1.23. The Morgan fingerprint density at radius 2 is 1.20 bits per heavy atom. The maximum Gasteiger partial charge on any atom is 0.427 e. The van der Waals surface area contributed by atoms with Gasteiger partial charge in [-0.15, -0.1) is 0 Å². The van der Waals surface area contributed by atoms with Crippen molar-refractivity contribution in [2.24, 2.45) is 0 Å². The van der Waals surface area contributed by atoms with Crippen molar-refractivity contribution in [1.29, 1.82) is 0 Å². The summed E-state index contributed by atoms with van der Waals surface area (Å²) in [6, 6.07) is 0. The molecule has 3 heteroatoms. The zero-order chi connectivity index (χ0) is 8.15. The monoisotopic (exact) mass is 192 g/mol. The topological polar surface area (TPSA) is 0 Å². The van der Waals surface area contributed by atoms with Crippen LogP contribution in [0.5, 0.6) is 0 Å². The Morgan fingerprint density at radius 3 is 1.40 bits per heavy atom. The summed E-state index contributed by atoms with van der Waals surface area (Å²) in [5, 5.41) is 1.65. The fourth-order valence-electron chi connectivity index (χ4n) is 0.799. The second-order valence-electron chi connectivity index (χ2n) is 2.94. The van der Waals surface area contributed by atoms with E-state index in [1.165, 1.54) is 0 Å². The van der Waals surface area contributed by atoms with E-state index in [4.69, 9.17) is 0 Å². The maximum absolute atomic E-state index is 2.43. The van der Waals surface area contributed by atoms with Crippen LogP contribution in [-0.2, 0) is 0 Å². The molecule has 0 aromatic rings. The minimum Gasteiger partial charge on any atom is -0.238 e. The van der Waals surface area contributed by atoms with Crippen LogP contribution in [0.3, 0.4) is 0 Å². The summed E-state index contributed by atoms with van der Waals surface area (Å²) in [7, 11) is 4.37. The summed E-state index contributed by atoms with van der Waals surface area (Å²) >= 11 is -0.485. The van der Waals surface area contributed by atoms with Crippen molar-refractivity contribution in [2.75, 3.05) is 0 Å². The molecule has 0 amide bonds. The van der Waals surface area contributed by atoms with Crippen LogP contribution in [0.15, 0.2) is 0 Å². The molecule has 0 aliphatic heterocycles. The molecule has 0 N–H and O–H groups in total. The van der Waals surface area contributed by atoms with Crippen molar-refractivity contribution < 1.29 is 0 Å². The van der Waals surface area contributed by atoms with E-state index in [9.17, 15) is 0 Å². The fraction of sp³-hybridized carbons (Fsp3) is 1.00. The number of rotatable bonds is 4. The average Bonchev–Trinajstić information content (AvgIpc) is 1.58. The molecule has 0 saturated heterocycles. The third-order valence-electron chi connectivity index (χ3n) is 0.928. The van der Waals surface area contributed by atoms with Gasteiger partial charge >= 0.3 is 11.9 Å². The molecule has 0 saturated carbocycles. The first-order valence-electron chi connectivity index (χ1n) is 3.83. The zero-order valence-electron chi connectivity index (χ0n) is 7.55. The van der Waals surface area contributed by atoms with Crippen LogP contribution in [-0.4, -0.2) is 22.4 Å². The van der Waals surface area contributed by atoms with Gasteiger partial charge in [-0.1, -0.05) is 33.5 Å². The smallest absolute Gasteiger partial charge is 0.238 e. The predicted molar refractivity (Wildman–Crippen MR) is 57.1 cm³/mol. The minimum absolute atomic E-state index is 0.485. The average molecular weight is 192 g/mol. The third-order valence-corrected chi connectivity index (χ3v) is 10.3. The first-order valence-corrected chi connectivity index (χ1v) is 9.70. The molecule has 0 aromatic heterocycles. The summed E-state index contributed by atoms with van der Waals surface area (Å²) in [5.74, 6) is 2.43. The highest BCUT2D eigenvalue weighted by Gasteiger charge is 2.15. The standard InChI is InChI=1S/2C3H8S.CH3.Al/c2*1-3(2)4;;/h2*3-4H,1-2H3;1H3;/q;;;+2/p-2. The van der Waals surface area contributed by atoms with Crippen molar-refractivity contribution >= 4 is 32.1 Å². The molecule has 0 heterocycles. The Bertz CT molecular complexity index is 73.7. The van der Waals surface area contributed by atoms with E-state index in [1.807, 2.05) is 0 Å². The van der Waals surface area contributed by atoms with E-state index in [0.717, 1.165) is 10.5 Å². The highest BCUT2D eigenvalue weighted by Crippen LogP contribution is 2.25. The van der Waals surface area contributed by atoms with Gasteiger partial charge in [0.15, 0.2) is 0 Å². The van der Waals surface area contributed by atoms with Gasteiger partial charge in [-0.05, 0) is 10.5 Å². The SMILES string of the molecule is CC(C)[S][Al]([CH3])[S]C(C)C. The first-order chi connectivity index (χ1) is 4.52.